The SMILES string of the molecule is COc1ccc(C(=O)N2CCN(c3nc(-c4ccccc4)nc(C)c3Cc3ccc([N+](=O)[O-])cc3)CC2)c(OC)c1. The van der Waals surface area contributed by atoms with Gasteiger partial charge in [0.2, 0.25) is 0 Å². The zero-order valence-electron chi connectivity index (χ0n) is 23.2. The van der Waals surface area contributed by atoms with Crippen LogP contribution in [0.15, 0.2) is 72.8 Å². The van der Waals surface area contributed by atoms with Gasteiger partial charge in [0.1, 0.15) is 17.3 Å². The molecule has 1 aliphatic heterocycles. The maximum absolute atomic E-state index is 13.4. The molecule has 5 rings (SSSR count). The number of aryl methyl sites for hydroxylation is 1. The predicted molar refractivity (Wildman–Crippen MR) is 156 cm³/mol. The fraction of sp³-hybridized carbons (Fsp3) is 0.258. The monoisotopic (exact) mass is 553 g/mol. The summed E-state index contributed by atoms with van der Waals surface area (Å²) in [5.41, 5.74) is 4.18. The average molecular weight is 554 g/mol. The summed E-state index contributed by atoms with van der Waals surface area (Å²) in [6, 6.07) is 21.6. The molecule has 210 valence electrons. The molecule has 0 aliphatic carbocycles. The van der Waals surface area contributed by atoms with Gasteiger partial charge in [0, 0.05) is 67.6 Å². The molecule has 0 unspecified atom stereocenters. The highest BCUT2D eigenvalue weighted by Gasteiger charge is 2.27. The first-order chi connectivity index (χ1) is 19.9. The van der Waals surface area contributed by atoms with Gasteiger partial charge >= 0.3 is 0 Å². The van der Waals surface area contributed by atoms with Gasteiger partial charge in [-0.3, -0.25) is 14.9 Å². The summed E-state index contributed by atoms with van der Waals surface area (Å²) < 4.78 is 10.7. The van der Waals surface area contributed by atoms with Gasteiger partial charge in [-0.25, -0.2) is 9.97 Å². The maximum Gasteiger partial charge on any atom is 0.269 e. The van der Waals surface area contributed by atoms with E-state index in [-0.39, 0.29) is 11.6 Å². The van der Waals surface area contributed by atoms with Gasteiger partial charge in [0.15, 0.2) is 5.82 Å². The highest BCUT2D eigenvalue weighted by atomic mass is 16.6. The molecule has 4 aromatic rings. The molecule has 10 nitrogen and oxygen atoms in total. The summed E-state index contributed by atoms with van der Waals surface area (Å²) in [7, 11) is 3.11. The molecule has 0 bridgehead atoms. The molecule has 3 aromatic carbocycles. The lowest BCUT2D eigenvalue weighted by Crippen LogP contribution is -2.49. The van der Waals surface area contributed by atoms with Crippen molar-refractivity contribution in [3.05, 3.63) is 105 Å². The third-order valence-electron chi connectivity index (χ3n) is 7.26. The van der Waals surface area contributed by atoms with E-state index in [1.165, 1.54) is 19.2 Å². The number of carbonyl (C=O) groups is 1. The summed E-state index contributed by atoms with van der Waals surface area (Å²) in [5, 5.41) is 11.1. The second-order valence-electron chi connectivity index (χ2n) is 9.75. The number of piperazine rings is 1. The topological polar surface area (TPSA) is 111 Å². The first kappa shape index (κ1) is 27.6. The van der Waals surface area contributed by atoms with Crippen LogP contribution in [0, 0.1) is 17.0 Å². The second-order valence-corrected chi connectivity index (χ2v) is 9.75. The van der Waals surface area contributed by atoms with Crippen molar-refractivity contribution in [1.29, 1.82) is 0 Å². The molecule has 41 heavy (non-hydrogen) atoms. The van der Waals surface area contributed by atoms with Gasteiger partial charge < -0.3 is 19.3 Å². The molecule has 0 N–H and O–H groups in total. The lowest BCUT2D eigenvalue weighted by Gasteiger charge is -2.36. The number of nitro groups is 1. The van der Waals surface area contributed by atoms with Crippen molar-refractivity contribution in [2.24, 2.45) is 0 Å². The van der Waals surface area contributed by atoms with Gasteiger partial charge in [-0.1, -0.05) is 42.5 Å². The molecule has 1 fully saturated rings. The Morgan fingerprint density at radius 2 is 1.63 bits per heavy atom. The van der Waals surface area contributed by atoms with Gasteiger partial charge in [0.25, 0.3) is 11.6 Å². The van der Waals surface area contributed by atoms with E-state index >= 15 is 0 Å². The van der Waals surface area contributed by atoms with Crippen LogP contribution in [0.4, 0.5) is 11.5 Å². The number of aromatic nitrogens is 2. The lowest BCUT2D eigenvalue weighted by atomic mass is 10.0. The van der Waals surface area contributed by atoms with E-state index in [2.05, 4.69) is 4.90 Å². The molecule has 1 amide bonds. The number of hydrogen-bond acceptors (Lipinski definition) is 8. The Morgan fingerprint density at radius 1 is 0.927 bits per heavy atom. The third kappa shape index (κ3) is 5.96. The van der Waals surface area contributed by atoms with E-state index in [9.17, 15) is 14.9 Å². The minimum atomic E-state index is -0.402. The number of nitro benzene ring substituents is 1. The van der Waals surface area contributed by atoms with Crippen molar-refractivity contribution in [3.63, 3.8) is 0 Å². The number of anilines is 1. The molecule has 1 aliphatic rings. The molecule has 0 saturated carbocycles. The van der Waals surface area contributed by atoms with Crippen LogP contribution in [0.25, 0.3) is 11.4 Å². The molecular weight excluding hydrogens is 522 g/mol. The fourth-order valence-corrected chi connectivity index (χ4v) is 4.97. The Bertz CT molecular complexity index is 1550. The number of carbonyl (C=O) groups excluding carboxylic acids is 1. The van der Waals surface area contributed by atoms with Crippen LogP contribution >= 0.6 is 0 Å². The first-order valence-electron chi connectivity index (χ1n) is 13.3. The largest absolute Gasteiger partial charge is 0.497 e. The minimum Gasteiger partial charge on any atom is -0.497 e. The van der Waals surface area contributed by atoms with Gasteiger partial charge in [0.05, 0.1) is 24.7 Å². The third-order valence-corrected chi connectivity index (χ3v) is 7.26. The van der Waals surface area contributed by atoms with Crippen LogP contribution in [-0.2, 0) is 6.42 Å². The predicted octanol–water partition coefficient (Wildman–Crippen LogP) is 4.93. The van der Waals surface area contributed by atoms with Crippen LogP contribution in [0.3, 0.4) is 0 Å². The van der Waals surface area contributed by atoms with Gasteiger partial charge in [-0.15, -0.1) is 0 Å². The van der Waals surface area contributed by atoms with Crippen molar-refractivity contribution in [1.82, 2.24) is 14.9 Å². The first-order valence-corrected chi connectivity index (χ1v) is 13.3. The van der Waals surface area contributed by atoms with Crippen LogP contribution < -0.4 is 14.4 Å². The Balaban J connectivity index is 1.42. The number of ether oxygens (including phenoxy) is 2. The quantitative estimate of drug-likeness (QED) is 0.223. The zero-order valence-corrected chi connectivity index (χ0v) is 23.2. The zero-order chi connectivity index (χ0) is 28.9. The average Bonchev–Trinajstić information content (AvgIpc) is 3.02. The molecule has 1 aromatic heterocycles. The van der Waals surface area contributed by atoms with Crippen LogP contribution in [0.5, 0.6) is 11.5 Å². The fourth-order valence-electron chi connectivity index (χ4n) is 4.97. The molecule has 10 heteroatoms. The summed E-state index contributed by atoms with van der Waals surface area (Å²) in [5.74, 6) is 2.44. The van der Waals surface area contributed by atoms with E-state index in [4.69, 9.17) is 19.4 Å². The van der Waals surface area contributed by atoms with E-state index in [1.807, 2.05) is 42.2 Å². The standard InChI is InChI=1S/C31H31N5O5/c1-21-27(19-22-9-11-24(12-10-22)36(38)39)30(33-29(32-21)23-7-5-4-6-8-23)34-15-17-35(18-16-34)31(37)26-14-13-25(40-2)20-28(26)41-3/h4-14,20H,15-19H2,1-3H3. The normalized spacial score (nSPS) is 13.1. The van der Waals surface area contributed by atoms with E-state index < -0.39 is 4.92 Å². The van der Waals surface area contributed by atoms with Crippen molar-refractivity contribution in [3.8, 4) is 22.9 Å². The van der Waals surface area contributed by atoms with E-state index in [0.717, 1.165) is 28.2 Å². The molecule has 0 spiro atoms. The second kappa shape index (κ2) is 12.0. The number of hydrogen-bond donors (Lipinski definition) is 0. The van der Waals surface area contributed by atoms with Crippen molar-refractivity contribution in [2.75, 3.05) is 45.3 Å². The molecule has 0 atom stereocenters. The molecule has 0 radical (unpaired) electrons. The Morgan fingerprint density at radius 3 is 2.27 bits per heavy atom. The van der Waals surface area contributed by atoms with Crippen molar-refractivity contribution in [2.45, 2.75) is 13.3 Å². The smallest absolute Gasteiger partial charge is 0.269 e. The number of amides is 1. The van der Waals surface area contributed by atoms with Gasteiger partial charge in [-0.05, 0) is 24.6 Å². The summed E-state index contributed by atoms with van der Waals surface area (Å²) in [4.78, 5) is 38.0. The van der Waals surface area contributed by atoms with Crippen LogP contribution in [0.1, 0.15) is 27.2 Å². The minimum absolute atomic E-state index is 0.0515. The lowest BCUT2D eigenvalue weighted by molar-refractivity contribution is -0.384. The Hall–Kier alpha value is -4.99. The van der Waals surface area contributed by atoms with Crippen LogP contribution in [-0.4, -0.2) is 66.1 Å². The summed E-state index contributed by atoms with van der Waals surface area (Å²) >= 11 is 0. The number of methoxy groups -OCH3 is 2. The molecule has 2 heterocycles. The van der Waals surface area contributed by atoms with E-state index in [0.29, 0.717) is 55.5 Å². The Labute approximate surface area is 238 Å². The number of nitrogens with zero attached hydrogens (tertiary/aromatic N) is 5. The highest BCUT2D eigenvalue weighted by Crippen LogP contribution is 2.30. The highest BCUT2D eigenvalue weighted by molar-refractivity contribution is 5.97. The molecule has 1 saturated heterocycles. The maximum atomic E-state index is 13.4. The van der Waals surface area contributed by atoms with E-state index in [1.54, 1.807) is 37.4 Å². The van der Waals surface area contributed by atoms with Crippen LogP contribution in [0.2, 0.25) is 0 Å². The molecular formula is C31H31N5O5. The van der Waals surface area contributed by atoms with Crippen molar-refractivity contribution < 1.29 is 19.2 Å². The van der Waals surface area contributed by atoms with Gasteiger partial charge in [-0.2, -0.15) is 0 Å². The van der Waals surface area contributed by atoms with Crippen molar-refractivity contribution >= 4 is 17.4 Å². The summed E-state index contributed by atoms with van der Waals surface area (Å²) in [6.07, 6.45) is 0.524. The number of rotatable bonds is 8. The number of benzene rings is 3. The summed E-state index contributed by atoms with van der Waals surface area (Å²) in [6.45, 7) is 4.15. The number of non-ortho nitro benzene ring substituents is 1. The Kier molecular flexibility index (Phi) is 8.09.